The number of nitrogens with zero attached hydrogens (tertiary/aromatic N) is 1. The zero-order valence-corrected chi connectivity index (χ0v) is 10.3. The summed E-state index contributed by atoms with van der Waals surface area (Å²) in [7, 11) is 0. The molecule has 2 unspecified atom stereocenters. The van der Waals surface area contributed by atoms with Crippen molar-refractivity contribution >= 4 is 5.69 Å². The summed E-state index contributed by atoms with van der Waals surface area (Å²) in [6, 6.07) is 5.43. The maximum atomic E-state index is 13.6. The molecule has 0 amide bonds. The van der Waals surface area contributed by atoms with Gasteiger partial charge in [0.2, 0.25) is 0 Å². The van der Waals surface area contributed by atoms with E-state index in [1.54, 1.807) is 13.0 Å². The van der Waals surface area contributed by atoms with E-state index >= 15 is 0 Å². The van der Waals surface area contributed by atoms with Gasteiger partial charge in [0.1, 0.15) is 5.82 Å². The van der Waals surface area contributed by atoms with Crippen molar-refractivity contribution in [3.8, 4) is 6.07 Å². The van der Waals surface area contributed by atoms with Crippen LogP contribution in [0.25, 0.3) is 0 Å². The van der Waals surface area contributed by atoms with Gasteiger partial charge < -0.3 is 5.32 Å². The molecule has 1 fully saturated rings. The van der Waals surface area contributed by atoms with Gasteiger partial charge in [-0.05, 0) is 44.2 Å². The lowest BCUT2D eigenvalue weighted by atomic mass is 10.1. The molecule has 1 aromatic carbocycles. The molecule has 1 aliphatic carbocycles. The fourth-order valence-electron chi connectivity index (χ4n) is 2.45. The van der Waals surface area contributed by atoms with Gasteiger partial charge in [0.25, 0.3) is 0 Å². The van der Waals surface area contributed by atoms with Crippen LogP contribution in [0.2, 0.25) is 0 Å². The van der Waals surface area contributed by atoms with Gasteiger partial charge in [-0.15, -0.1) is 0 Å². The Hall–Kier alpha value is -1.56. The molecule has 2 atom stereocenters. The first-order valence-electron chi connectivity index (χ1n) is 6.07. The number of hydrogen-bond donors (Lipinski definition) is 1. The van der Waals surface area contributed by atoms with Gasteiger partial charge in [-0.2, -0.15) is 5.26 Å². The van der Waals surface area contributed by atoms with Gasteiger partial charge in [-0.3, -0.25) is 0 Å². The van der Waals surface area contributed by atoms with Crippen LogP contribution in [0.5, 0.6) is 0 Å². The Labute approximate surface area is 101 Å². The van der Waals surface area contributed by atoms with Gasteiger partial charge >= 0.3 is 0 Å². The van der Waals surface area contributed by atoms with Gasteiger partial charge in [0.05, 0.1) is 11.6 Å². The van der Waals surface area contributed by atoms with Crippen molar-refractivity contribution in [2.45, 2.75) is 39.2 Å². The number of hydrogen-bond acceptors (Lipinski definition) is 2. The molecule has 3 heteroatoms. The molecule has 0 heterocycles. The molecule has 1 saturated carbocycles. The molecule has 0 radical (unpaired) electrons. The van der Waals surface area contributed by atoms with Crippen LogP contribution < -0.4 is 5.32 Å². The second kappa shape index (κ2) is 4.75. The van der Waals surface area contributed by atoms with E-state index < -0.39 is 0 Å². The summed E-state index contributed by atoms with van der Waals surface area (Å²) in [5.41, 5.74) is 1.74. The Morgan fingerprint density at radius 1 is 1.41 bits per heavy atom. The average Bonchev–Trinajstić information content (AvgIpc) is 2.70. The van der Waals surface area contributed by atoms with Crippen LogP contribution in [0, 0.1) is 30.0 Å². The zero-order valence-electron chi connectivity index (χ0n) is 10.3. The Morgan fingerprint density at radius 2 is 2.18 bits per heavy atom. The molecule has 0 aliphatic heterocycles. The standard InChI is InChI=1S/C14H17FN2/c1-9-3-4-12(5-9)17-14-7-11(8-16)6-13(15)10(14)2/h6-7,9,12,17H,3-5H2,1-2H3. The lowest BCUT2D eigenvalue weighted by Crippen LogP contribution is -2.16. The minimum absolute atomic E-state index is 0.308. The van der Waals surface area contributed by atoms with E-state index in [1.807, 2.05) is 6.07 Å². The molecule has 0 aromatic heterocycles. The number of nitrogens with one attached hydrogen (secondary N) is 1. The van der Waals surface area contributed by atoms with Crippen LogP contribution in [0.4, 0.5) is 10.1 Å². The third-order valence-electron chi connectivity index (χ3n) is 3.53. The maximum absolute atomic E-state index is 13.6. The predicted octanol–water partition coefficient (Wildman–Crippen LogP) is 3.61. The monoisotopic (exact) mass is 232 g/mol. The number of benzene rings is 1. The average molecular weight is 232 g/mol. The highest BCUT2D eigenvalue weighted by Crippen LogP contribution is 2.29. The molecule has 0 spiro atoms. The Balaban J connectivity index is 2.20. The number of anilines is 1. The first-order valence-corrected chi connectivity index (χ1v) is 6.07. The van der Waals surface area contributed by atoms with Crippen molar-refractivity contribution in [1.29, 1.82) is 5.26 Å². The van der Waals surface area contributed by atoms with Crippen molar-refractivity contribution in [2.24, 2.45) is 5.92 Å². The zero-order chi connectivity index (χ0) is 12.4. The van der Waals surface area contributed by atoms with Gasteiger partial charge in [0, 0.05) is 17.3 Å². The van der Waals surface area contributed by atoms with Crippen LogP contribution in [-0.2, 0) is 0 Å². The highest BCUT2D eigenvalue weighted by molar-refractivity contribution is 5.56. The minimum atomic E-state index is -0.308. The summed E-state index contributed by atoms with van der Waals surface area (Å²) in [5.74, 6) is 0.425. The summed E-state index contributed by atoms with van der Waals surface area (Å²) in [4.78, 5) is 0. The fourth-order valence-corrected chi connectivity index (χ4v) is 2.45. The molecule has 0 bridgehead atoms. The second-order valence-electron chi connectivity index (χ2n) is 5.00. The van der Waals surface area contributed by atoms with Gasteiger partial charge in [0.15, 0.2) is 0 Å². The summed E-state index contributed by atoms with van der Waals surface area (Å²) >= 11 is 0. The Kier molecular flexibility index (Phi) is 3.33. The SMILES string of the molecule is Cc1c(F)cc(C#N)cc1NC1CCC(C)C1. The molecular formula is C14H17FN2. The number of nitriles is 1. The van der Waals surface area contributed by atoms with E-state index in [1.165, 1.54) is 12.5 Å². The quantitative estimate of drug-likeness (QED) is 0.845. The maximum Gasteiger partial charge on any atom is 0.129 e. The van der Waals surface area contributed by atoms with Crippen molar-refractivity contribution in [3.05, 3.63) is 29.1 Å². The number of halogens is 1. The van der Waals surface area contributed by atoms with Crippen molar-refractivity contribution in [2.75, 3.05) is 5.32 Å². The highest BCUT2D eigenvalue weighted by atomic mass is 19.1. The molecule has 1 aliphatic rings. The third-order valence-corrected chi connectivity index (χ3v) is 3.53. The molecule has 17 heavy (non-hydrogen) atoms. The highest BCUT2D eigenvalue weighted by Gasteiger charge is 2.21. The van der Waals surface area contributed by atoms with E-state index in [2.05, 4.69) is 12.2 Å². The Morgan fingerprint density at radius 3 is 2.76 bits per heavy atom. The summed E-state index contributed by atoms with van der Waals surface area (Å²) in [5, 5.41) is 12.2. The lowest BCUT2D eigenvalue weighted by Gasteiger charge is -2.16. The van der Waals surface area contributed by atoms with Crippen LogP contribution in [-0.4, -0.2) is 6.04 Å². The van der Waals surface area contributed by atoms with E-state index in [-0.39, 0.29) is 5.82 Å². The van der Waals surface area contributed by atoms with Crippen LogP contribution in [0.1, 0.15) is 37.3 Å². The van der Waals surface area contributed by atoms with Crippen LogP contribution in [0.3, 0.4) is 0 Å². The van der Waals surface area contributed by atoms with Crippen LogP contribution in [0.15, 0.2) is 12.1 Å². The molecule has 1 N–H and O–H groups in total. The summed E-state index contributed by atoms with van der Waals surface area (Å²) in [6.45, 7) is 3.98. The Bertz CT molecular complexity index is 462. The van der Waals surface area contributed by atoms with Gasteiger partial charge in [-0.25, -0.2) is 4.39 Å². The topological polar surface area (TPSA) is 35.8 Å². The van der Waals surface area contributed by atoms with E-state index in [9.17, 15) is 4.39 Å². The number of rotatable bonds is 2. The first kappa shape index (κ1) is 11.9. The molecule has 0 saturated heterocycles. The molecule has 2 rings (SSSR count). The largest absolute Gasteiger partial charge is 0.382 e. The lowest BCUT2D eigenvalue weighted by molar-refractivity contribution is 0.601. The summed E-state index contributed by atoms with van der Waals surface area (Å²) < 4.78 is 13.6. The minimum Gasteiger partial charge on any atom is -0.382 e. The molecular weight excluding hydrogens is 215 g/mol. The van der Waals surface area contributed by atoms with E-state index in [0.717, 1.165) is 24.4 Å². The van der Waals surface area contributed by atoms with Crippen molar-refractivity contribution < 1.29 is 4.39 Å². The fraction of sp³-hybridized carbons (Fsp3) is 0.500. The third kappa shape index (κ3) is 2.58. The second-order valence-corrected chi connectivity index (χ2v) is 5.00. The van der Waals surface area contributed by atoms with E-state index in [4.69, 9.17) is 5.26 Å². The molecule has 1 aromatic rings. The van der Waals surface area contributed by atoms with Gasteiger partial charge in [-0.1, -0.05) is 6.92 Å². The molecule has 2 nitrogen and oxygen atoms in total. The van der Waals surface area contributed by atoms with Crippen molar-refractivity contribution in [1.82, 2.24) is 0 Å². The normalized spacial score (nSPS) is 23.4. The molecule has 90 valence electrons. The smallest absolute Gasteiger partial charge is 0.129 e. The first-order chi connectivity index (χ1) is 8.10. The van der Waals surface area contributed by atoms with Crippen LogP contribution >= 0.6 is 0 Å². The van der Waals surface area contributed by atoms with E-state index in [0.29, 0.717) is 17.2 Å². The predicted molar refractivity (Wildman–Crippen MR) is 66.3 cm³/mol. The summed E-state index contributed by atoms with van der Waals surface area (Å²) in [6.07, 6.45) is 3.47. The van der Waals surface area contributed by atoms with Crippen molar-refractivity contribution in [3.63, 3.8) is 0 Å².